The van der Waals surface area contributed by atoms with Crippen molar-refractivity contribution in [1.29, 1.82) is 0 Å². The molecule has 2 rings (SSSR count). The third-order valence-electron chi connectivity index (χ3n) is 2.73. The summed E-state index contributed by atoms with van der Waals surface area (Å²) in [7, 11) is 0. The number of nitro groups is 1. The van der Waals surface area contributed by atoms with E-state index in [0.717, 1.165) is 0 Å². The van der Waals surface area contributed by atoms with Gasteiger partial charge in [-0.2, -0.15) is 0 Å². The van der Waals surface area contributed by atoms with Crippen LogP contribution in [0.25, 0.3) is 0 Å². The number of carboxylic acid groups (broad SMARTS) is 1. The van der Waals surface area contributed by atoms with Crippen LogP contribution < -0.4 is 0 Å². The van der Waals surface area contributed by atoms with Gasteiger partial charge in [0.25, 0.3) is 5.91 Å². The van der Waals surface area contributed by atoms with Crippen molar-refractivity contribution in [3.8, 4) is 0 Å². The number of aromatic nitrogens is 1. The molecule has 0 bridgehead atoms. The van der Waals surface area contributed by atoms with E-state index in [9.17, 15) is 19.7 Å². The third kappa shape index (κ3) is 2.71. The normalized spacial score (nSPS) is 19.2. The first-order chi connectivity index (χ1) is 8.99. The van der Waals surface area contributed by atoms with Crippen molar-refractivity contribution in [2.75, 3.05) is 19.7 Å². The van der Waals surface area contributed by atoms with Crippen molar-refractivity contribution in [2.45, 2.75) is 6.10 Å². The number of hydrogen-bond donors (Lipinski definition) is 2. The SMILES string of the molecule is O=C(O)C1CN(C(=O)c2ccc([N+](=O)[O-])[nH]2)CCO1. The minimum atomic E-state index is -1.14. The highest BCUT2D eigenvalue weighted by atomic mass is 16.6. The summed E-state index contributed by atoms with van der Waals surface area (Å²) in [6.07, 6.45) is -1.07. The largest absolute Gasteiger partial charge is 0.479 e. The Kier molecular flexibility index (Phi) is 3.47. The highest BCUT2D eigenvalue weighted by Crippen LogP contribution is 2.14. The highest BCUT2D eigenvalue weighted by molar-refractivity contribution is 5.93. The third-order valence-corrected chi connectivity index (χ3v) is 2.73. The molecule has 0 aromatic carbocycles. The maximum Gasteiger partial charge on any atom is 0.334 e. The van der Waals surface area contributed by atoms with E-state index in [0.29, 0.717) is 0 Å². The molecule has 102 valence electrons. The Balaban J connectivity index is 2.10. The predicted octanol–water partition coefficient (Wildman–Crippen LogP) is -0.152. The zero-order chi connectivity index (χ0) is 14.0. The second-order valence-electron chi connectivity index (χ2n) is 3.96. The van der Waals surface area contributed by atoms with Crippen LogP contribution in [-0.2, 0) is 9.53 Å². The molecule has 1 saturated heterocycles. The summed E-state index contributed by atoms with van der Waals surface area (Å²) in [5.74, 6) is -1.91. The number of carboxylic acids is 1. The van der Waals surface area contributed by atoms with Gasteiger partial charge in [0.1, 0.15) is 0 Å². The van der Waals surface area contributed by atoms with Gasteiger partial charge in [0.2, 0.25) is 0 Å². The number of rotatable bonds is 3. The Labute approximate surface area is 106 Å². The van der Waals surface area contributed by atoms with Crippen molar-refractivity contribution in [2.24, 2.45) is 0 Å². The van der Waals surface area contributed by atoms with E-state index in [1.54, 1.807) is 0 Å². The molecule has 0 saturated carbocycles. The number of hydrogen-bond acceptors (Lipinski definition) is 5. The fraction of sp³-hybridized carbons (Fsp3) is 0.400. The van der Waals surface area contributed by atoms with Crippen LogP contribution >= 0.6 is 0 Å². The first-order valence-corrected chi connectivity index (χ1v) is 5.46. The molecular formula is C10H11N3O6. The Morgan fingerprint density at radius 3 is 2.84 bits per heavy atom. The molecular weight excluding hydrogens is 258 g/mol. The lowest BCUT2D eigenvalue weighted by Crippen LogP contribution is -2.48. The second kappa shape index (κ2) is 5.06. The number of amides is 1. The average Bonchev–Trinajstić information content (AvgIpc) is 2.87. The Hall–Kier alpha value is -2.42. The van der Waals surface area contributed by atoms with Gasteiger partial charge in [-0.05, 0) is 11.0 Å². The predicted molar refractivity (Wildman–Crippen MR) is 60.7 cm³/mol. The Morgan fingerprint density at radius 1 is 1.53 bits per heavy atom. The minimum absolute atomic E-state index is 0.0535. The van der Waals surface area contributed by atoms with Crippen LogP contribution in [0.4, 0.5) is 5.82 Å². The highest BCUT2D eigenvalue weighted by Gasteiger charge is 2.31. The minimum Gasteiger partial charge on any atom is -0.479 e. The quantitative estimate of drug-likeness (QED) is 0.580. The van der Waals surface area contributed by atoms with Gasteiger partial charge in [0.05, 0.1) is 13.2 Å². The standard InChI is InChI=1S/C10H11N3O6/c14-9(6-1-2-8(11-6)13(17)18)12-3-4-19-7(5-12)10(15)16/h1-2,7,11H,3-5H2,(H,15,16). The molecule has 2 N–H and O–H groups in total. The number of ether oxygens (including phenoxy) is 1. The molecule has 9 heteroatoms. The molecule has 2 heterocycles. The van der Waals surface area contributed by atoms with Crippen molar-refractivity contribution in [3.05, 3.63) is 27.9 Å². The van der Waals surface area contributed by atoms with Crippen LogP contribution in [0.15, 0.2) is 12.1 Å². The number of nitrogens with one attached hydrogen (secondary N) is 1. The molecule has 1 aliphatic heterocycles. The topological polar surface area (TPSA) is 126 Å². The van der Waals surface area contributed by atoms with Gasteiger partial charge < -0.3 is 24.9 Å². The van der Waals surface area contributed by atoms with Gasteiger partial charge in [0.15, 0.2) is 11.8 Å². The van der Waals surface area contributed by atoms with Gasteiger partial charge in [-0.15, -0.1) is 0 Å². The van der Waals surface area contributed by atoms with Gasteiger partial charge in [-0.3, -0.25) is 4.79 Å². The van der Waals surface area contributed by atoms with E-state index in [-0.39, 0.29) is 31.2 Å². The molecule has 1 atom stereocenters. The smallest absolute Gasteiger partial charge is 0.334 e. The van der Waals surface area contributed by atoms with Gasteiger partial charge in [-0.25, -0.2) is 9.78 Å². The lowest BCUT2D eigenvalue weighted by molar-refractivity contribution is -0.389. The molecule has 1 amide bonds. The average molecular weight is 269 g/mol. The lowest BCUT2D eigenvalue weighted by atomic mass is 10.2. The fourth-order valence-electron chi connectivity index (χ4n) is 1.77. The Bertz CT molecular complexity index is 525. The maximum atomic E-state index is 12.0. The molecule has 1 aromatic heterocycles. The number of nitrogens with zero attached hydrogens (tertiary/aromatic N) is 2. The van der Waals surface area contributed by atoms with Crippen molar-refractivity contribution in [1.82, 2.24) is 9.88 Å². The molecule has 1 unspecified atom stereocenters. The molecule has 1 fully saturated rings. The molecule has 0 radical (unpaired) electrons. The van der Waals surface area contributed by atoms with Crippen LogP contribution in [-0.4, -0.2) is 57.6 Å². The number of morpholine rings is 1. The summed E-state index contributed by atoms with van der Waals surface area (Å²) < 4.78 is 4.99. The fourth-order valence-corrected chi connectivity index (χ4v) is 1.77. The molecule has 1 aromatic rings. The molecule has 1 aliphatic rings. The van der Waals surface area contributed by atoms with E-state index in [1.165, 1.54) is 17.0 Å². The lowest BCUT2D eigenvalue weighted by Gasteiger charge is -2.29. The van der Waals surface area contributed by atoms with E-state index < -0.39 is 22.9 Å². The number of carbonyl (C=O) groups excluding carboxylic acids is 1. The first kappa shape index (κ1) is 13.0. The van der Waals surface area contributed by atoms with Gasteiger partial charge in [-0.1, -0.05) is 0 Å². The Morgan fingerprint density at radius 2 is 2.26 bits per heavy atom. The number of aromatic amines is 1. The summed E-state index contributed by atoms with van der Waals surface area (Å²) in [4.78, 5) is 36.3. The number of H-pyrrole nitrogens is 1. The maximum absolute atomic E-state index is 12.0. The summed E-state index contributed by atoms with van der Waals surface area (Å²) >= 11 is 0. The van der Waals surface area contributed by atoms with Crippen LogP contribution in [0.2, 0.25) is 0 Å². The van der Waals surface area contributed by atoms with Gasteiger partial charge in [0, 0.05) is 12.6 Å². The van der Waals surface area contributed by atoms with Crippen molar-refractivity contribution < 1.29 is 24.4 Å². The summed E-state index contributed by atoms with van der Waals surface area (Å²) in [5, 5.41) is 19.3. The number of carbonyl (C=O) groups is 2. The van der Waals surface area contributed by atoms with Crippen LogP contribution in [0, 0.1) is 10.1 Å². The van der Waals surface area contributed by atoms with E-state index in [4.69, 9.17) is 9.84 Å². The van der Waals surface area contributed by atoms with Crippen molar-refractivity contribution in [3.63, 3.8) is 0 Å². The summed E-state index contributed by atoms with van der Waals surface area (Å²) in [6.45, 7) is 0.280. The number of aliphatic carboxylic acids is 1. The van der Waals surface area contributed by atoms with Crippen LogP contribution in [0.3, 0.4) is 0 Å². The zero-order valence-electron chi connectivity index (χ0n) is 9.74. The van der Waals surface area contributed by atoms with Crippen LogP contribution in [0.1, 0.15) is 10.5 Å². The van der Waals surface area contributed by atoms with Gasteiger partial charge >= 0.3 is 11.8 Å². The first-order valence-electron chi connectivity index (χ1n) is 5.46. The summed E-state index contributed by atoms with van der Waals surface area (Å²) in [6, 6.07) is 2.48. The van der Waals surface area contributed by atoms with Crippen molar-refractivity contribution >= 4 is 17.7 Å². The monoisotopic (exact) mass is 269 g/mol. The molecule has 19 heavy (non-hydrogen) atoms. The molecule has 0 aliphatic carbocycles. The van der Waals surface area contributed by atoms with Crippen LogP contribution in [0.5, 0.6) is 0 Å². The van der Waals surface area contributed by atoms with E-state index in [1.807, 2.05) is 0 Å². The van der Waals surface area contributed by atoms with E-state index in [2.05, 4.69) is 4.98 Å². The second-order valence-corrected chi connectivity index (χ2v) is 3.96. The molecule has 9 nitrogen and oxygen atoms in total. The van der Waals surface area contributed by atoms with E-state index >= 15 is 0 Å². The zero-order valence-corrected chi connectivity index (χ0v) is 9.74. The molecule has 0 spiro atoms. The summed E-state index contributed by atoms with van der Waals surface area (Å²) in [5.41, 5.74) is 0.0535.